The molecule has 2 N–H and O–H groups in total. The molecule has 1 saturated heterocycles. The molecule has 0 radical (unpaired) electrons. The van der Waals surface area contributed by atoms with Gasteiger partial charge in [0.2, 0.25) is 5.91 Å². The van der Waals surface area contributed by atoms with Crippen LogP contribution in [0.2, 0.25) is 0 Å². The minimum atomic E-state index is -0.290. The Labute approximate surface area is 79.6 Å². The van der Waals surface area contributed by atoms with Gasteiger partial charge in [0.05, 0.1) is 6.04 Å². The van der Waals surface area contributed by atoms with Gasteiger partial charge in [-0.25, -0.2) is 0 Å². The van der Waals surface area contributed by atoms with E-state index in [4.69, 9.17) is 5.73 Å². The minimum absolute atomic E-state index is 0.0838. The van der Waals surface area contributed by atoms with Crippen LogP contribution in [0, 0.1) is 0 Å². The molecule has 0 aliphatic carbocycles. The highest BCUT2D eigenvalue weighted by molar-refractivity contribution is 5.82. The zero-order chi connectivity index (χ0) is 9.84. The number of rotatable bonds is 2. The molecule has 1 aliphatic heterocycles. The molecule has 1 fully saturated rings. The number of nitrogens with zero attached hydrogens (tertiary/aromatic N) is 1. The van der Waals surface area contributed by atoms with Crippen molar-refractivity contribution in [2.45, 2.75) is 32.2 Å². The molecule has 0 bridgehead atoms. The number of nitrogens with two attached hydrogens (primary N) is 1. The summed E-state index contributed by atoms with van der Waals surface area (Å²) in [6.45, 7) is 7.23. The lowest BCUT2D eigenvalue weighted by Crippen LogP contribution is -2.42. The van der Waals surface area contributed by atoms with Crippen LogP contribution in [0.1, 0.15) is 26.2 Å². The molecule has 13 heavy (non-hydrogen) atoms. The Kier molecular flexibility index (Phi) is 3.48. The van der Waals surface area contributed by atoms with E-state index in [1.807, 2.05) is 11.8 Å². The first-order chi connectivity index (χ1) is 6.11. The third kappa shape index (κ3) is 2.84. The molecule has 74 valence electrons. The van der Waals surface area contributed by atoms with Gasteiger partial charge in [-0.05, 0) is 26.2 Å². The van der Waals surface area contributed by atoms with Gasteiger partial charge in [-0.3, -0.25) is 4.79 Å². The summed E-state index contributed by atoms with van der Waals surface area (Å²) in [6.07, 6.45) is 2.94. The molecular formula is C10H18N2O. The van der Waals surface area contributed by atoms with E-state index < -0.39 is 0 Å². The normalized spacial score (nSPS) is 24.3. The van der Waals surface area contributed by atoms with E-state index in [2.05, 4.69) is 6.58 Å². The molecule has 1 atom stereocenters. The second-order valence-electron chi connectivity index (χ2n) is 3.82. The van der Waals surface area contributed by atoms with Crippen LogP contribution in [0.4, 0.5) is 0 Å². The van der Waals surface area contributed by atoms with Crippen LogP contribution in [0.5, 0.6) is 0 Å². The number of carbonyl (C=O) groups excluding carboxylic acids is 1. The van der Waals surface area contributed by atoms with Gasteiger partial charge in [0.25, 0.3) is 0 Å². The number of likely N-dealkylation sites (tertiary alicyclic amines) is 1. The van der Waals surface area contributed by atoms with Crippen molar-refractivity contribution in [3.8, 4) is 0 Å². The quantitative estimate of drug-likeness (QED) is 0.645. The maximum atomic E-state index is 11.6. The van der Waals surface area contributed by atoms with Crippen molar-refractivity contribution in [1.82, 2.24) is 4.90 Å². The fourth-order valence-corrected chi connectivity index (χ4v) is 1.62. The van der Waals surface area contributed by atoms with Crippen molar-refractivity contribution in [2.75, 3.05) is 13.1 Å². The standard InChI is InChI=1S/C10H18N2O/c1-8(2)7-12-6-4-3-5-9(11)10(12)13/h9H,1,3-7,11H2,2H3/t9-/m1/s1. The maximum absolute atomic E-state index is 11.6. The Morgan fingerprint density at radius 2 is 2.38 bits per heavy atom. The van der Waals surface area contributed by atoms with Crippen LogP contribution in [-0.4, -0.2) is 29.9 Å². The Hall–Kier alpha value is -0.830. The average Bonchev–Trinajstić information content (AvgIpc) is 2.19. The van der Waals surface area contributed by atoms with Gasteiger partial charge in [0, 0.05) is 13.1 Å². The fourth-order valence-electron chi connectivity index (χ4n) is 1.62. The first-order valence-electron chi connectivity index (χ1n) is 4.80. The van der Waals surface area contributed by atoms with Crippen molar-refractivity contribution in [1.29, 1.82) is 0 Å². The molecule has 0 aromatic heterocycles. The summed E-state index contributed by atoms with van der Waals surface area (Å²) >= 11 is 0. The molecule has 3 nitrogen and oxygen atoms in total. The second-order valence-corrected chi connectivity index (χ2v) is 3.82. The van der Waals surface area contributed by atoms with Crippen LogP contribution in [-0.2, 0) is 4.79 Å². The smallest absolute Gasteiger partial charge is 0.239 e. The number of hydrogen-bond acceptors (Lipinski definition) is 2. The SMILES string of the molecule is C=C(C)CN1CCCC[C@@H](N)C1=O. The largest absolute Gasteiger partial charge is 0.337 e. The lowest BCUT2D eigenvalue weighted by Gasteiger charge is -2.22. The molecule has 1 heterocycles. The molecule has 1 aliphatic rings. The first kappa shape index (κ1) is 10.3. The highest BCUT2D eigenvalue weighted by Gasteiger charge is 2.23. The zero-order valence-corrected chi connectivity index (χ0v) is 8.25. The van der Waals surface area contributed by atoms with Crippen molar-refractivity contribution in [3.63, 3.8) is 0 Å². The number of amides is 1. The Bertz CT molecular complexity index is 213. The van der Waals surface area contributed by atoms with E-state index in [0.29, 0.717) is 6.54 Å². The Balaban J connectivity index is 2.59. The predicted molar refractivity (Wildman–Crippen MR) is 53.2 cm³/mol. The van der Waals surface area contributed by atoms with Gasteiger partial charge in [-0.2, -0.15) is 0 Å². The highest BCUT2D eigenvalue weighted by Crippen LogP contribution is 2.11. The first-order valence-corrected chi connectivity index (χ1v) is 4.80. The Morgan fingerprint density at radius 1 is 1.69 bits per heavy atom. The molecule has 0 aromatic carbocycles. The summed E-state index contributed by atoms with van der Waals surface area (Å²) in [6, 6.07) is -0.290. The van der Waals surface area contributed by atoms with Crippen LogP contribution >= 0.6 is 0 Å². The molecule has 0 aromatic rings. The fraction of sp³-hybridized carbons (Fsp3) is 0.700. The molecule has 3 heteroatoms. The monoisotopic (exact) mass is 182 g/mol. The van der Waals surface area contributed by atoms with E-state index in [-0.39, 0.29) is 11.9 Å². The van der Waals surface area contributed by atoms with Crippen LogP contribution in [0.15, 0.2) is 12.2 Å². The van der Waals surface area contributed by atoms with E-state index in [1.165, 1.54) is 0 Å². The summed E-state index contributed by atoms with van der Waals surface area (Å²) in [4.78, 5) is 13.5. The summed E-state index contributed by atoms with van der Waals surface area (Å²) < 4.78 is 0. The van der Waals surface area contributed by atoms with E-state index in [0.717, 1.165) is 31.4 Å². The lowest BCUT2D eigenvalue weighted by molar-refractivity contribution is -0.131. The minimum Gasteiger partial charge on any atom is -0.337 e. The average molecular weight is 182 g/mol. The second kappa shape index (κ2) is 4.42. The molecule has 1 amide bonds. The maximum Gasteiger partial charge on any atom is 0.239 e. The molecular weight excluding hydrogens is 164 g/mol. The van der Waals surface area contributed by atoms with Gasteiger partial charge in [0.15, 0.2) is 0 Å². The third-order valence-corrected chi connectivity index (χ3v) is 2.28. The lowest BCUT2D eigenvalue weighted by atomic mass is 10.1. The van der Waals surface area contributed by atoms with Gasteiger partial charge in [0.1, 0.15) is 0 Å². The van der Waals surface area contributed by atoms with Crippen molar-refractivity contribution >= 4 is 5.91 Å². The van der Waals surface area contributed by atoms with Crippen molar-refractivity contribution in [3.05, 3.63) is 12.2 Å². The number of carbonyl (C=O) groups is 1. The predicted octanol–water partition coefficient (Wildman–Crippen LogP) is 0.902. The zero-order valence-electron chi connectivity index (χ0n) is 8.25. The van der Waals surface area contributed by atoms with Gasteiger partial charge in [-0.1, -0.05) is 12.2 Å². The van der Waals surface area contributed by atoms with Gasteiger partial charge in [-0.15, -0.1) is 0 Å². The van der Waals surface area contributed by atoms with E-state index >= 15 is 0 Å². The summed E-state index contributed by atoms with van der Waals surface area (Å²) in [7, 11) is 0. The summed E-state index contributed by atoms with van der Waals surface area (Å²) in [5.74, 6) is 0.0838. The van der Waals surface area contributed by atoms with Crippen LogP contribution < -0.4 is 5.73 Å². The molecule has 0 unspecified atom stereocenters. The van der Waals surface area contributed by atoms with E-state index in [1.54, 1.807) is 0 Å². The van der Waals surface area contributed by atoms with Crippen molar-refractivity contribution < 1.29 is 4.79 Å². The summed E-state index contributed by atoms with van der Waals surface area (Å²) in [5.41, 5.74) is 6.74. The van der Waals surface area contributed by atoms with Crippen LogP contribution in [0.3, 0.4) is 0 Å². The molecule has 0 saturated carbocycles. The molecule has 0 spiro atoms. The molecule has 1 rings (SSSR count). The number of hydrogen-bond donors (Lipinski definition) is 1. The topological polar surface area (TPSA) is 46.3 Å². The van der Waals surface area contributed by atoms with E-state index in [9.17, 15) is 4.79 Å². The van der Waals surface area contributed by atoms with Gasteiger partial charge >= 0.3 is 0 Å². The Morgan fingerprint density at radius 3 is 3.00 bits per heavy atom. The van der Waals surface area contributed by atoms with Crippen molar-refractivity contribution in [2.24, 2.45) is 5.73 Å². The van der Waals surface area contributed by atoms with Gasteiger partial charge < -0.3 is 10.6 Å². The third-order valence-electron chi connectivity index (χ3n) is 2.28. The highest BCUT2D eigenvalue weighted by atomic mass is 16.2. The van der Waals surface area contributed by atoms with Crippen LogP contribution in [0.25, 0.3) is 0 Å². The summed E-state index contributed by atoms with van der Waals surface area (Å²) in [5, 5.41) is 0.